The number of pyridine rings is 1. The summed E-state index contributed by atoms with van der Waals surface area (Å²) in [4.78, 5) is 27.6. The minimum atomic E-state index is -0.998. The van der Waals surface area contributed by atoms with Crippen molar-refractivity contribution in [3.05, 3.63) is 94.6 Å². The van der Waals surface area contributed by atoms with Crippen LogP contribution in [0.25, 0.3) is 10.9 Å². The Morgan fingerprint density at radius 3 is 2.58 bits per heavy atom. The largest absolute Gasteiger partial charge is 0.490 e. The number of amides is 1. The first-order valence-corrected chi connectivity index (χ1v) is 12.0. The Morgan fingerprint density at radius 1 is 1.03 bits per heavy atom. The first kappa shape index (κ1) is 26.4. The van der Waals surface area contributed by atoms with Crippen molar-refractivity contribution >= 4 is 40.6 Å². The number of aromatic carboxylic acids is 1. The van der Waals surface area contributed by atoms with E-state index in [2.05, 4.69) is 15.5 Å². The van der Waals surface area contributed by atoms with Gasteiger partial charge in [0.25, 0.3) is 5.91 Å². The van der Waals surface area contributed by atoms with Crippen molar-refractivity contribution in [3.8, 4) is 17.2 Å². The van der Waals surface area contributed by atoms with Gasteiger partial charge in [-0.2, -0.15) is 5.10 Å². The Morgan fingerprint density at radius 2 is 1.82 bits per heavy atom. The summed E-state index contributed by atoms with van der Waals surface area (Å²) in [5, 5.41) is 14.2. The van der Waals surface area contributed by atoms with Crippen LogP contribution in [0.4, 0.5) is 0 Å². The van der Waals surface area contributed by atoms with Gasteiger partial charge in [0.15, 0.2) is 18.1 Å². The number of rotatable bonds is 11. The average Bonchev–Trinajstić information content (AvgIpc) is 2.92. The van der Waals surface area contributed by atoms with Gasteiger partial charge in [-0.25, -0.2) is 10.2 Å². The topological polar surface area (TPSA) is 119 Å². The fraction of sp³-hybridized carbons (Fsp3) is 0.143. The van der Waals surface area contributed by atoms with Crippen molar-refractivity contribution in [2.45, 2.75) is 13.5 Å². The number of aromatic nitrogens is 1. The normalized spacial score (nSPS) is 10.9. The number of carboxylic acids is 1. The summed E-state index contributed by atoms with van der Waals surface area (Å²) in [6.45, 7) is 2.13. The van der Waals surface area contributed by atoms with Crippen molar-refractivity contribution < 1.29 is 28.9 Å². The highest BCUT2D eigenvalue weighted by Gasteiger charge is 2.13. The van der Waals surface area contributed by atoms with Crippen molar-refractivity contribution in [2.24, 2.45) is 5.10 Å². The third kappa shape index (κ3) is 6.77. The van der Waals surface area contributed by atoms with E-state index in [1.165, 1.54) is 18.3 Å². The van der Waals surface area contributed by atoms with Gasteiger partial charge in [-0.3, -0.25) is 9.78 Å². The number of carboxylic acid groups (broad SMARTS) is 1. The van der Waals surface area contributed by atoms with Crippen molar-refractivity contribution in [3.63, 3.8) is 0 Å². The standard InChI is InChI=1S/C28H24ClN3O6/c1-2-36-24-14-19(13-22(29)27(24)38-16-18-8-10-21(11-9-18)28(34)35)15-31-32-25(33)17-37-23-7-3-5-20-6-4-12-30-26(20)23/h3-15H,2,16-17H2,1H3,(H,32,33)(H,34,35)/b31-15+. The molecular weight excluding hydrogens is 510 g/mol. The number of hydrogen-bond donors (Lipinski definition) is 2. The SMILES string of the molecule is CCOc1cc(/C=N/NC(=O)COc2cccc3cccnc23)cc(Cl)c1OCc1ccc(C(=O)O)cc1. The summed E-state index contributed by atoms with van der Waals surface area (Å²) in [6.07, 6.45) is 3.09. The Labute approximate surface area is 223 Å². The lowest BCUT2D eigenvalue weighted by atomic mass is 10.1. The average molecular weight is 534 g/mol. The second-order valence-electron chi connectivity index (χ2n) is 7.97. The highest BCUT2D eigenvalue weighted by molar-refractivity contribution is 6.32. The number of nitrogens with one attached hydrogen (secondary N) is 1. The summed E-state index contributed by atoms with van der Waals surface area (Å²) in [5.41, 5.74) is 4.63. The van der Waals surface area contributed by atoms with E-state index < -0.39 is 11.9 Å². The van der Waals surface area contributed by atoms with E-state index in [1.54, 1.807) is 36.5 Å². The number of hydrogen-bond acceptors (Lipinski definition) is 7. The van der Waals surface area contributed by atoms with E-state index in [0.29, 0.717) is 34.9 Å². The van der Waals surface area contributed by atoms with Gasteiger partial charge in [-0.15, -0.1) is 0 Å². The third-order valence-corrected chi connectivity index (χ3v) is 5.55. The van der Waals surface area contributed by atoms with E-state index in [4.69, 9.17) is 30.9 Å². The van der Waals surface area contributed by atoms with E-state index in [-0.39, 0.29) is 23.8 Å². The zero-order chi connectivity index (χ0) is 26.9. The van der Waals surface area contributed by atoms with E-state index in [0.717, 1.165) is 10.9 Å². The molecule has 0 atom stereocenters. The van der Waals surface area contributed by atoms with Gasteiger partial charge in [-0.05, 0) is 54.4 Å². The molecule has 0 unspecified atom stereocenters. The lowest BCUT2D eigenvalue weighted by Gasteiger charge is -2.14. The Kier molecular flexibility index (Phi) is 8.73. The molecule has 0 bridgehead atoms. The highest BCUT2D eigenvalue weighted by Crippen LogP contribution is 2.37. The smallest absolute Gasteiger partial charge is 0.335 e. The zero-order valence-electron chi connectivity index (χ0n) is 20.4. The lowest BCUT2D eigenvalue weighted by molar-refractivity contribution is -0.123. The molecule has 10 heteroatoms. The third-order valence-electron chi connectivity index (χ3n) is 5.27. The quantitative estimate of drug-likeness (QED) is 0.203. The van der Waals surface area contributed by atoms with Gasteiger partial charge in [0.2, 0.25) is 0 Å². The molecule has 0 radical (unpaired) electrons. The number of halogens is 1. The van der Waals surface area contributed by atoms with E-state index in [9.17, 15) is 9.59 Å². The van der Waals surface area contributed by atoms with Gasteiger partial charge in [-0.1, -0.05) is 41.9 Å². The van der Waals surface area contributed by atoms with Crippen LogP contribution in [0.3, 0.4) is 0 Å². The second kappa shape index (κ2) is 12.6. The number of carbonyl (C=O) groups excluding carboxylic acids is 1. The molecule has 0 saturated carbocycles. The maximum Gasteiger partial charge on any atom is 0.335 e. The van der Waals surface area contributed by atoms with Gasteiger partial charge in [0, 0.05) is 11.6 Å². The molecule has 0 aliphatic carbocycles. The molecule has 0 aliphatic heterocycles. The number of ether oxygens (including phenoxy) is 3. The van der Waals surface area contributed by atoms with Crippen LogP contribution in [0.1, 0.15) is 28.4 Å². The summed E-state index contributed by atoms with van der Waals surface area (Å²) in [5.74, 6) is -0.193. The van der Waals surface area contributed by atoms with Crippen LogP contribution in [0.15, 0.2) is 78.0 Å². The molecule has 9 nitrogen and oxygen atoms in total. The molecule has 4 aromatic rings. The maximum absolute atomic E-state index is 12.2. The number of para-hydroxylation sites is 1. The molecular formula is C28H24ClN3O6. The molecule has 0 fully saturated rings. The number of carbonyl (C=O) groups is 2. The summed E-state index contributed by atoms with van der Waals surface area (Å²) in [6, 6.07) is 18.9. The zero-order valence-corrected chi connectivity index (χ0v) is 21.1. The van der Waals surface area contributed by atoms with Crippen molar-refractivity contribution in [2.75, 3.05) is 13.2 Å². The fourth-order valence-corrected chi connectivity index (χ4v) is 3.79. The predicted molar refractivity (Wildman–Crippen MR) is 143 cm³/mol. The monoisotopic (exact) mass is 533 g/mol. The van der Waals surface area contributed by atoms with Crippen LogP contribution in [0.2, 0.25) is 5.02 Å². The van der Waals surface area contributed by atoms with Crippen LogP contribution < -0.4 is 19.6 Å². The summed E-state index contributed by atoms with van der Waals surface area (Å²) >= 11 is 6.45. The molecule has 0 spiro atoms. The second-order valence-corrected chi connectivity index (χ2v) is 8.37. The fourth-order valence-electron chi connectivity index (χ4n) is 3.51. The number of nitrogens with zero attached hydrogens (tertiary/aromatic N) is 2. The van der Waals surface area contributed by atoms with Gasteiger partial charge >= 0.3 is 5.97 Å². The van der Waals surface area contributed by atoms with E-state index >= 15 is 0 Å². The molecule has 0 aliphatic rings. The minimum absolute atomic E-state index is 0.162. The van der Waals surface area contributed by atoms with E-state index in [1.807, 2.05) is 31.2 Å². The van der Waals surface area contributed by atoms with Gasteiger partial charge < -0.3 is 19.3 Å². The van der Waals surface area contributed by atoms with Crippen LogP contribution in [0.5, 0.6) is 17.2 Å². The molecule has 2 N–H and O–H groups in total. The maximum atomic E-state index is 12.2. The molecule has 1 heterocycles. The molecule has 38 heavy (non-hydrogen) atoms. The predicted octanol–water partition coefficient (Wildman–Crippen LogP) is 5.09. The molecule has 194 valence electrons. The Bertz CT molecular complexity index is 1470. The van der Waals surface area contributed by atoms with Gasteiger partial charge in [0.1, 0.15) is 17.9 Å². The van der Waals surface area contributed by atoms with Crippen LogP contribution in [-0.2, 0) is 11.4 Å². The Balaban J connectivity index is 1.37. The summed E-state index contributed by atoms with van der Waals surface area (Å²) in [7, 11) is 0. The molecule has 0 saturated heterocycles. The summed E-state index contributed by atoms with van der Waals surface area (Å²) < 4.78 is 17.2. The molecule has 1 amide bonds. The molecule has 4 rings (SSSR count). The van der Waals surface area contributed by atoms with Crippen LogP contribution in [0, 0.1) is 0 Å². The highest BCUT2D eigenvalue weighted by atomic mass is 35.5. The van der Waals surface area contributed by atoms with Gasteiger partial charge in [0.05, 0.1) is 23.4 Å². The minimum Gasteiger partial charge on any atom is -0.490 e. The number of benzene rings is 3. The van der Waals surface area contributed by atoms with Crippen molar-refractivity contribution in [1.29, 1.82) is 0 Å². The number of fused-ring (bicyclic) bond motifs is 1. The lowest BCUT2D eigenvalue weighted by Crippen LogP contribution is -2.24. The number of hydrazone groups is 1. The molecule has 1 aromatic heterocycles. The molecule has 3 aromatic carbocycles. The van der Waals surface area contributed by atoms with Crippen molar-refractivity contribution in [1.82, 2.24) is 10.4 Å². The van der Waals surface area contributed by atoms with Crippen LogP contribution >= 0.6 is 11.6 Å². The Hall–Kier alpha value is -4.63. The first-order chi connectivity index (χ1) is 18.4. The first-order valence-electron chi connectivity index (χ1n) is 11.6. The van der Waals surface area contributed by atoms with Crippen LogP contribution in [-0.4, -0.2) is 41.4 Å².